The maximum Gasteiger partial charge on any atom is 0.288 e. The van der Waals surface area contributed by atoms with Crippen LogP contribution in [0, 0.1) is 10.1 Å². The fourth-order valence-electron chi connectivity index (χ4n) is 2.26. The van der Waals surface area contributed by atoms with E-state index in [2.05, 4.69) is 10.9 Å². The van der Waals surface area contributed by atoms with Gasteiger partial charge in [0.15, 0.2) is 0 Å². The minimum Gasteiger partial charge on any atom is -0.370 e. The molecule has 1 aliphatic rings. The van der Waals surface area contributed by atoms with Crippen molar-refractivity contribution in [3.63, 3.8) is 0 Å². The SMILES string of the molecule is O=C(CC[NH+]1CCOCC1)NNC(=O)c1ccc(Cl)c([N+](=O)[O-])c1. The molecule has 0 aromatic heterocycles. The summed E-state index contributed by atoms with van der Waals surface area (Å²) in [6.45, 7) is 3.73. The lowest BCUT2D eigenvalue weighted by molar-refractivity contribution is -0.907. The largest absolute Gasteiger partial charge is 0.370 e. The summed E-state index contributed by atoms with van der Waals surface area (Å²) in [5.41, 5.74) is 4.20. The van der Waals surface area contributed by atoms with E-state index in [1.54, 1.807) is 0 Å². The molecular formula is C14H18ClN4O5+. The number of carbonyl (C=O) groups excluding carboxylic acids is 2. The number of rotatable bonds is 5. The van der Waals surface area contributed by atoms with Crippen LogP contribution in [0.5, 0.6) is 0 Å². The molecule has 10 heteroatoms. The second-order valence-corrected chi connectivity index (χ2v) is 5.70. The second kappa shape index (κ2) is 8.57. The van der Waals surface area contributed by atoms with Crippen LogP contribution in [0.3, 0.4) is 0 Å². The molecule has 0 radical (unpaired) electrons. The normalized spacial score (nSPS) is 14.9. The van der Waals surface area contributed by atoms with E-state index in [9.17, 15) is 19.7 Å². The van der Waals surface area contributed by atoms with E-state index >= 15 is 0 Å². The van der Waals surface area contributed by atoms with E-state index < -0.39 is 10.8 Å². The van der Waals surface area contributed by atoms with Gasteiger partial charge in [-0.15, -0.1) is 0 Å². The summed E-state index contributed by atoms with van der Waals surface area (Å²) in [5, 5.41) is 10.7. The number of quaternary nitrogens is 1. The van der Waals surface area contributed by atoms with Gasteiger partial charge < -0.3 is 9.64 Å². The number of hydrogen-bond donors (Lipinski definition) is 3. The van der Waals surface area contributed by atoms with Crippen molar-refractivity contribution in [2.45, 2.75) is 6.42 Å². The van der Waals surface area contributed by atoms with Crippen LogP contribution in [0.1, 0.15) is 16.8 Å². The Balaban J connectivity index is 1.80. The fourth-order valence-corrected chi connectivity index (χ4v) is 2.44. The third-order valence-corrected chi connectivity index (χ3v) is 3.95. The van der Waals surface area contributed by atoms with Gasteiger partial charge in [-0.1, -0.05) is 11.6 Å². The average molecular weight is 358 g/mol. The molecule has 0 saturated carbocycles. The molecule has 0 bridgehead atoms. The maximum atomic E-state index is 11.9. The highest BCUT2D eigenvalue weighted by atomic mass is 35.5. The third-order valence-electron chi connectivity index (χ3n) is 3.63. The monoisotopic (exact) mass is 357 g/mol. The number of morpholine rings is 1. The summed E-state index contributed by atoms with van der Waals surface area (Å²) in [5.74, 6) is -0.979. The fraction of sp³-hybridized carbons (Fsp3) is 0.429. The molecule has 1 aromatic carbocycles. The van der Waals surface area contributed by atoms with Crippen LogP contribution in [0.15, 0.2) is 18.2 Å². The molecule has 2 rings (SSSR count). The third kappa shape index (κ3) is 5.15. The number of nitrogens with one attached hydrogen (secondary N) is 3. The van der Waals surface area contributed by atoms with Crippen LogP contribution < -0.4 is 15.8 Å². The standard InChI is InChI=1S/C14H17ClN4O5/c15-11-2-1-10(9-12(11)19(22)23)14(21)17-16-13(20)3-4-18-5-7-24-8-6-18/h1-2,9H,3-8H2,(H,16,20)(H,17,21)/p+1. The van der Waals surface area contributed by atoms with Gasteiger partial charge in [-0.3, -0.25) is 30.6 Å². The summed E-state index contributed by atoms with van der Waals surface area (Å²) < 4.78 is 5.23. The van der Waals surface area contributed by atoms with Crippen molar-refractivity contribution >= 4 is 29.1 Å². The molecule has 0 atom stereocenters. The summed E-state index contributed by atoms with van der Waals surface area (Å²) in [6.07, 6.45) is 0.260. The van der Waals surface area contributed by atoms with Gasteiger partial charge in [0.2, 0.25) is 5.91 Å². The quantitative estimate of drug-likeness (QED) is 0.477. The number of ether oxygens (including phenoxy) is 1. The molecule has 24 heavy (non-hydrogen) atoms. The van der Waals surface area contributed by atoms with E-state index in [0.29, 0.717) is 19.8 Å². The first-order valence-electron chi connectivity index (χ1n) is 7.42. The molecule has 1 aromatic rings. The maximum absolute atomic E-state index is 11.9. The van der Waals surface area contributed by atoms with Crippen molar-refractivity contribution < 1.29 is 24.1 Å². The van der Waals surface area contributed by atoms with Gasteiger partial charge in [-0.25, -0.2) is 0 Å². The van der Waals surface area contributed by atoms with Gasteiger partial charge in [0.05, 0.1) is 31.1 Å². The summed E-state index contributed by atoms with van der Waals surface area (Å²) in [6, 6.07) is 3.66. The Morgan fingerprint density at radius 1 is 1.29 bits per heavy atom. The van der Waals surface area contributed by atoms with Gasteiger partial charge in [0.25, 0.3) is 11.6 Å². The second-order valence-electron chi connectivity index (χ2n) is 5.29. The molecule has 0 spiro atoms. The summed E-state index contributed by atoms with van der Waals surface area (Å²) >= 11 is 5.68. The van der Waals surface area contributed by atoms with Gasteiger partial charge in [0, 0.05) is 11.6 Å². The van der Waals surface area contributed by atoms with E-state index in [4.69, 9.17) is 16.3 Å². The lowest BCUT2D eigenvalue weighted by atomic mass is 10.2. The summed E-state index contributed by atoms with van der Waals surface area (Å²) in [7, 11) is 0. The number of carbonyl (C=O) groups is 2. The topological polar surface area (TPSA) is 115 Å². The number of hydrogen-bond acceptors (Lipinski definition) is 5. The number of nitro benzene ring substituents is 1. The summed E-state index contributed by atoms with van der Waals surface area (Å²) in [4.78, 5) is 35.1. The van der Waals surface area contributed by atoms with Gasteiger partial charge in [-0.2, -0.15) is 0 Å². The number of hydrazine groups is 1. The number of nitrogens with zero attached hydrogens (tertiary/aromatic N) is 1. The van der Waals surface area contributed by atoms with Crippen molar-refractivity contribution in [2.24, 2.45) is 0 Å². The predicted molar refractivity (Wildman–Crippen MR) is 84.7 cm³/mol. The molecule has 2 amide bonds. The van der Waals surface area contributed by atoms with Crippen molar-refractivity contribution in [2.75, 3.05) is 32.8 Å². The highest BCUT2D eigenvalue weighted by Crippen LogP contribution is 2.24. The number of halogens is 1. The molecule has 130 valence electrons. The van der Waals surface area contributed by atoms with Crippen LogP contribution >= 0.6 is 11.6 Å². The smallest absolute Gasteiger partial charge is 0.288 e. The Morgan fingerprint density at radius 2 is 2.00 bits per heavy atom. The number of amides is 2. The average Bonchev–Trinajstić information content (AvgIpc) is 2.59. The van der Waals surface area contributed by atoms with E-state index in [1.165, 1.54) is 17.0 Å². The molecule has 1 fully saturated rings. The molecule has 9 nitrogen and oxygen atoms in total. The van der Waals surface area contributed by atoms with E-state index in [-0.39, 0.29) is 28.6 Å². The van der Waals surface area contributed by atoms with Gasteiger partial charge in [0.1, 0.15) is 18.1 Å². The molecule has 1 aliphatic heterocycles. The lowest BCUT2D eigenvalue weighted by Gasteiger charge is -2.23. The van der Waals surface area contributed by atoms with Crippen molar-refractivity contribution in [1.29, 1.82) is 0 Å². The highest BCUT2D eigenvalue weighted by molar-refractivity contribution is 6.32. The first kappa shape index (κ1) is 18.1. The highest BCUT2D eigenvalue weighted by Gasteiger charge is 2.18. The van der Waals surface area contributed by atoms with Crippen molar-refractivity contribution in [3.05, 3.63) is 38.9 Å². The first-order valence-corrected chi connectivity index (χ1v) is 7.79. The van der Waals surface area contributed by atoms with Crippen molar-refractivity contribution in [3.8, 4) is 0 Å². The first-order chi connectivity index (χ1) is 11.5. The molecule has 1 heterocycles. The van der Waals surface area contributed by atoms with Crippen LogP contribution in [-0.2, 0) is 9.53 Å². The van der Waals surface area contributed by atoms with E-state index in [1.807, 2.05) is 0 Å². The minimum atomic E-state index is -0.678. The van der Waals surface area contributed by atoms with Gasteiger partial charge >= 0.3 is 0 Å². The number of benzene rings is 1. The Labute approximate surface area is 143 Å². The molecule has 0 unspecified atom stereocenters. The Hall–Kier alpha value is -2.23. The minimum absolute atomic E-state index is 0.0326. The zero-order valence-electron chi connectivity index (χ0n) is 12.8. The Bertz CT molecular complexity index is 634. The predicted octanol–water partition coefficient (Wildman–Crippen LogP) is -0.686. The van der Waals surface area contributed by atoms with Crippen molar-refractivity contribution in [1.82, 2.24) is 10.9 Å². The molecule has 0 aliphatic carbocycles. The van der Waals surface area contributed by atoms with Crippen LogP contribution in [0.25, 0.3) is 0 Å². The van der Waals surface area contributed by atoms with E-state index in [0.717, 1.165) is 19.2 Å². The lowest BCUT2D eigenvalue weighted by Crippen LogP contribution is -3.14. The van der Waals surface area contributed by atoms with Crippen LogP contribution in [-0.4, -0.2) is 49.6 Å². The zero-order chi connectivity index (χ0) is 17.5. The van der Waals surface area contributed by atoms with Crippen LogP contribution in [0.2, 0.25) is 5.02 Å². The Kier molecular flexibility index (Phi) is 6.47. The van der Waals surface area contributed by atoms with Gasteiger partial charge in [-0.05, 0) is 12.1 Å². The Morgan fingerprint density at radius 3 is 2.67 bits per heavy atom. The van der Waals surface area contributed by atoms with Crippen LogP contribution in [0.4, 0.5) is 5.69 Å². The zero-order valence-corrected chi connectivity index (χ0v) is 13.6. The number of nitro groups is 1. The molecule has 3 N–H and O–H groups in total. The molecule has 1 saturated heterocycles. The molecular weight excluding hydrogens is 340 g/mol.